The summed E-state index contributed by atoms with van der Waals surface area (Å²) in [7, 11) is 1.85. The average Bonchev–Trinajstić information content (AvgIpc) is 2.56. The molecule has 1 heterocycles. The van der Waals surface area contributed by atoms with Crippen LogP contribution in [0.15, 0.2) is 48.5 Å². The van der Waals surface area contributed by atoms with Gasteiger partial charge in [0.1, 0.15) is 0 Å². The molecule has 0 saturated heterocycles. The molecule has 0 fully saturated rings. The van der Waals surface area contributed by atoms with E-state index in [1.165, 1.54) is 0 Å². The number of nitrogens with zero attached hydrogens (tertiary/aromatic N) is 1. The molecule has 1 atom stereocenters. The lowest BCUT2D eigenvalue weighted by atomic mass is 9.93. The molecule has 0 aliphatic rings. The number of nitrogens with one attached hydrogen (secondary N) is 1. The number of benzene rings is 2. The summed E-state index contributed by atoms with van der Waals surface area (Å²) >= 11 is 0. The Bertz CT molecular complexity index is 855. The number of ketones is 1. The molecule has 0 aliphatic carbocycles. The lowest BCUT2D eigenvalue weighted by molar-refractivity contribution is 0.0937. The first-order valence-corrected chi connectivity index (χ1v) is 8.10. The fraction of sp³-hybridized carbons (Fsp3) is 0.300. The monoisotopic (exact) mass is 306 g/mol. The van der Waals surface area contributed by atoms with Crippen LogP contribution < -0.4 is 5.32 Å². The zero-order valence-electron chi connectivity index (χ0n) is 13.8. The minimum Gasteiger partial charge on any atom is -0.310 e. The van der Waals surface area contributed by atoms with Gasteiger partial charge in [-0.3, -0.25) is 4.79 Å². The van der Waals surface area contributed by atoms with E-state index in [1.807, 2.05) is 49.5 Å². The number of carbonyl (C=O) groups excluding carboxylic acids is 1. The van der Waals surface area contributed by atoms with Crippen molar-refractivity contribution in [3.8, 4) is 0 Å². The minimum absolute atomic E-state index is 0.142. The second-order valence-electron chi connectivity index (χ2n) is 6.39. The first-order valence-electron chi connectivity index (χ1n) is 8.10. The van der Waals surface area contributed by atoms with Gasteiger partial charge in [0, 0.05) is 16.3 Å². The molecular weight excluding hydrogens is 284 g/mol. The highest BCUT2D eigenvalue weighted by atomic mass is 16.1. The second kappa shape index (κ2) is 6.47. The molecule has 3 heteroatoms. The van der Waals surface area contributed by atoms with Gasteiger partial charge in [-0.25, -0.2) is 4.98 Å². The average molecular weight is 306 g/mol. The molecule has 0 amide bonds. The Hall–Kier alpha value is -2.26. The molecule has 2 aromatic carbocycles. The number of aromatic nitrogens is 1. The Labute approximate surface area is 136 Å². The topological polar surface area (TPSA) is 42.0 Å². The minimum atomic E-state index is -0.160. The number of pyridine rings is 1. The Morgan fingerprint density at radius 1 is 1.09 bits per heavy atom. The Kier molecular flexibility index (Phi) is 4.39. The summed E-state index contributed by atoms with van der Waals surface area (Å²) in [5.41, 5.74) is 2.58. The summed E-state index contributed by atoms with van der Waals surface area (Å²) in [5.74, 6) is 0.606. The van der Waals surface area contributed by atoms with Crippen molar-refractivity contribution in [2.75, 3.05) is 7.05 Å². The fourth-order valence-electron chi connectivity index (χ4n) is 3.03. The number of carbonyl (C=O) groups is 1. The fourth-order valence-corrected chi connectivity index (χ4v) is 3.03. The summed E-state index contributed by atoms with van der Waals surface area (Å²) in [6.07, 6.45) is 0.826. The van der Waals surface area contributed by atoms with Crippen LogP contribution in [0.25, 0.3) is 21.8 Å². The lowest BCUT2D eigenvalue weighted by Crippen LogP contribution is -2.35. The van der Waals surface area contributed by atoms with Crippen molar-refractivity contribution in [2.45, 2.75) is 26.3 Å². The van der Waals surface area contributed by atoms with Crippen LogP contribution in [0.5, 0.6) is 0 Å². The number of Topliss-reactive ketones (excluding diaryl/α,β-unsaturated/α-hetero) is 1. The highest BCUT2D eigenvalue weighted by molar-refractivity contribution is 6.11. The number of hydrogen-bond acceptors (Lipinski definition) is 3. The van der Waals surface area contributed by atoms with Crippen molar-refractivity contribution in [3.05, 3.63) is 54.1 Å². The summed E-state index contributed by atoms with van der Waals surface area (Å²) in [6.45, 7) is 4.27. The van der Waals surface area contributed by atoms with Crippen LogP contribution in [-0.4, -0.2) is 23.9 Å². The van der Waals surface area contributed by atoms with Gasteiger partial charge < -0.3 is 5.32 Å². The smallest absolute Gasteiger partial charge is 0.180 e. The molecule has 1 unspecified atom stereocenters. The van der Waals surface area contributed by atoms with Gasteiger partial charge in [-0.15, -0.1) is 0 Å². The van der Waals surface area contributed by atoms with Crippen LogP contribution in [-0.2, 0) is 0 Å². The van der Waals surface area contributed by atoms with Crippen LogP contribution in [0.3, 0.4) is 0 Å². The van der Waals surface area contributed by atoms with Crippen LogP contribution in [0.2, 0.25) is 0 Å². The maximum atomic E-state index is 13.0. The second-order valence-corrected chi connectivity index (χ2v) is 6.39. The van der Waals surface area contributed by atoms with Crippen molar-refractivity contribution in [3.63, 3.8) is 0 Å². The van der Waals surface area contributed by atoms with Gasteiger partial charge in [0.15, 0.2) is 5.78 Å². The molecule has 3 rings (SSSR count). The first-order chi connectivity index (χ1) is 11.1. The van der Waals surface area contributed by atoms with Crippen molar-refractivity contribution < 1.29 is 4.79 Å². The third kappa shape index (κ3) is 3.10. The third-order valence-electron chi connectivity index (χ3n) is 4.20. The molecule has 1 N–H and O–H groups in total. The van der Waals surface area contributed by atoms with E-state index in [2.05, 4.69) is 25.2 Å². The Morgan fingerprint density at radius 2 is 1.83 bits per heavy atom. The Morgan fingerprint density at radius 3 is 2.57 bits per heavy atom. The zero-order chi connectivity index (χ0) is 16.4. The van der Waals surface area contributed by atoms with Gasteiger partial charge in [-0.05, 0) is 37.6 Å². The highest BCUT2D eigenvalue weighted by Crippen LogP contribution is 2.24. The molecule has 0 spiro atoms. The number of likely N-dealkylation sites (N-methyl/N-ethyl adjacent to an activating group) is 1. The molecule has 0 radical (unpaired) electrons. The van der Waals surface area contributed by atoms with Gasteiger partial charge in [0.05, 0.1) is 17.1 Å². The van der Waals surface area contributed by atoms with Gasteiger partial charge in [-0.2, -0.15) is 0 Å². The van der Waals surface area contributed by atoms with Crippen molar-refractivity contribution >= 4 is 27.6 Å². The van der Waals surface area contributed by atoms with E-state index >= 15 is 0 Å². The SMILES string of the molecule is CNC(CC(C)C)C(=O)c1cccc2nc3ccccc3cc12. The quantitative estimate of drug-likeness (QED) is 0.567. The van der Waals surface area contributed by atoms with Crippen LogP contribution in [0.4, 0.5) is 0 Å². The number of hydrogen-bond donors (Lipinski definition) is 1. The molecule has 3 aromatic rings. The lowest BCUT2D eigenvalue weighted by Gasteiger charge is -2.18. The van der Waals surface area contributed by atoms with Crippen molar-refractivity contribution in [1.29, 1.82) is 0 Å². The molecule has 118 valence electrons. The van der Waals surface area contributed by atoms with E-state index in [0.29, 0.717) is 5.92 Å². The van der Waals surface area contributed by atoms with E-state index in [1.54, 1.807) is 0 Å². The van der Waals surface area contributed by atoms with E-state index in [-0.39, 0.29) is 11.8 Å². The first kappa shape index (κ1) is 15.6. The predicted octanol–water partition coefficient (Wildman–Crippen LogP) is 4.20. The van der Waals surface area contributed by atoms with E-state index in [0.717, 1.165) is 33.8 Å². The van der Waals surface area contributed by atoms with Crippen molar-refractivity contribution in [1.82, 2.24) is 10.3 Å². The third-order valence-corrected chi connectivity index (χ3v) is 4.20. The highest BCUT2D eigenvalue weighted by Gasteiger charge is 2.21. The largest absolute Gasteiger partial charge is 0.310 e. The number of rotatable bonds is 5. The Balaban J connectivity index is 2.13. The maximum Gasteiger partial charge on any atom is 0.180 e. The molecule has 0 bridgehead atoms. The molecule has 1 aromatic heterocycles. The van der Waals surface area contributed by atoms with Crippen LogP contribution in [0.1, 0.15) is 30.6 Å². The van der Waals surface area contributed by atoms with E-state index in [4.69, 9.17) is 4.98 Å². The van der Waals surface area contributed by atoms with E-state index in [9.17, 15) is 4.79 Å². The molecular formula is C20H22N2O. The predicted molar refractivity (Wildman–Crippen MR) is 95.9 cm³/mol. The molecule has 23 heavy (non-hydrogen) atoms. The van der Waals surface area contributed by atoms with Crippen LogP contribution in [0, 0.1) is 5.92 Å². The van der Waals surface area contributed by atoms with Gasteiger partial charge in [0.25, 0.3) is 0 Å². The summed E-state index contributed by atoms with van der Waals surface area (Å²) in [5, 5.41) is 5.15. The summed E-state index contributed by atoms with van der Waals surface area (Å²) < 4.78 is 0. The van der Waals surface area contributed by atoms with Gasteiger partial charge in [0.2, 0.25) is 0 Å². The maximum absolute atomic E-state index is 13.0. The van der Waals surface area contributed by atoms with Gasteiger partial charge in [-0.1, -0.05) is 44.2 Å². The zero-order valence-corrected chi connectivity index (χ0v) is 13.8. The van der Waals surface area contributed by atoms with Crippen molar-refractivity contribution in [2.24, 2.45) is 5.92 Å². The number of fused-ring (bicyclic) bond motifs is 2. The van der Waals surface area contributed by atoms with E-state index < -0.39 is 0 Å². The summed E-state index contributed by atoms with van der Waals surface area (Å²) in [4.78, 5) is 17.7. The molecule has 0 aliphatic heterocycles. The standard InChI is InChI=1S/C20H22N2O/c1-13(2)11-19(21-3)20(23)15-8-6-10-18-16(15)12-14-7-4-5-9-17(14)22-18/h4-10,12-13,19,21H,11H2,1-3H3. The number of para-hydroxylation sites is 1. The summed E-state index contributed by atoms with van der Waals surface area (Å²) in [6, 6.07) is 15.7. The molecule has 0 saturated carbocycles. The van der Waals surface area contributed by atoms with Gasteiger partial charge >= 0.3 is 0 Å². The normalized spacial score (nSPS) is 12.9. The molecule has 3 nitrogen and oxygen atoms in total. The van der Waals surface area contributed by atoms with Crippen LogP contribution >= 0.6 is 0 Å².